The molecule has 0 fully saturated rings. The van der Waals surface area contributed by atoms with Gasteiger partial charge in [-0.25, -0.2) is 4.98 Å². The zero-order valence-electron chi connectivity index (χ0n) is 10.6. The summed E-state index contributed by atoms with van der Waals surface area (Å²) in [5, 5.41) is 10.9. The molecule has 0 aliphatic carbocycles. The number of aromatic amines is 1. The van der Waals surface area contributed by atoms with Gasteiger partial charge in [-0.05, 0) is 17.5 Å². The molecule has 2 N–H and O–H groups in total. The Morgan fingerprint density at radius 3 is 3.11 bits per heavy atom. The van der Waals surface area contributed by atoms with Gasteiger partial charge in [-0.2, -0.15) is 5.10 Å². The summed E-state index contributed by atoms with van der Waals surface area (Å²) in [5.74, 6) is 2.19. The van der Waals surface area contributed by atoms with Crippen molar-refractivity contribution in [2.75, 3.05) is 6.54 Å². The van der Waals surface area contributed by atoms with E-state index in [0.29, 0.717) is 0 Å². The average Bonchev–Trinajstić information content (AvgIpc) is 2.87. The Labute approximate surface area is 107 Å². The van der Waals surface area contributed by atoms with Crippen molar-refractivity contribution in [3.63, 3.8) is 0 Å². The number of H-pyrrole nitrogens is 1. The molecule has 0 radical (unpaired) electrons. The first-order valence-electron chi connectivity index (χ1n) is 6.58. The SMILES string of the molecule is CCCc1nc(C2CNCc3ccccc32)n[nH]1. The van der Waals surface area contributed by atoms with Gasteiger partial charge < -0.3 is 5.32 Å². The molecule has 1 aromatic carbocycles. The lowest BCUT2D eigenvalue weighted by molar-refractivity contribution is 0.573. The van der Waals surface area contributed by atoms with Gasteiger partial charge in [0.15, 0.2) is 5.82 Å². The Kier molecular flexibility index (Phi) is 3.11. The van der Waals surface area contributed by atoms with Crippen LogP contribution in [0.3, 0.4) is 0 Å². The van der Waals surface area contributed by atoms with Crippen molar-refractivity contribution in [1.82, 2.24) is 20.5 Å². The fourth-order valence-corrected chi connectivity index (χ4v) is 2.54. The smallest absolute Gasteiger partial charge is 0.159 e. The van der Waals surface area contributed by atoms with Crippen LogP contribution in [-0.2, 0) is 13.0 Å². The molecule has 94 valence electrons. The maximum Gasteiger partial charge on any atom is 0.159 e. The number of hydrogen-bond acceptors (Lipinski definition) is 3. The minimum atomic E-state index is 0.275. The molecule has 0 saturated carbocycles. The molecule has 1 aliphatic heterocycles. The zero-order valence-corrected chi connectivity index (χ0v) is 10.6. The molecule has 0 saturated heterocycles. The fourth-order valence-electron chi connectivity index (χ4n) is 2.54. The third kappa shape index (κ3) is 2.04. The molecule has 3 rings (SSSR count). The third-order valence-electron chi connectivity index (χ3n) is 3.44. The number of rotatable bonds is 3. The number of aromatic nitrogens is 3. The Balaban J connectivity index is 1.92. The van der Waals surface area contributed by atoms with Gasteiger partial charge in [0, 0.05) is 19.5 Å². The summed E-state index contributed by atoms with van der Waals surface area (Å²) in [6.45, 7) is 4.01. The van der Waals surface area contributed by atoms with Crippen LogP contribution in [-0.4, -0.2) is 21.7 Å². The molecule has 0 spiro atoms. The Hall–Kier alpha value is -1.68. The Bertz CT molecular complexity index is 532. The second kappa shape index (κ2) is 4.90. The van der Waals surface area contributed by atoms with E-state index >= 15 is 0 Å². The average molecular weight is 242 g/mol. The van der Waals surface area contributed by atoms with Crippen molar-refractivity contribution in [2.45, 2.75) is 32.2 Å². The van der Waals surface area contributed by atoms with Crippen LogP contribution in [0.4, 0.5) is 0 Å². The van der Waals surface area contributed by atoms with E-state index in [-0.39, 0.29) is 5.92 Å². The van der Waals surface area contributed by atoms with Crippen molar-refractivity contribution >= 4 is 0 Å². The summed E-state index contributed by atoms with van der Waals surface area (Å²) in [4.78, 5) is 4.62. The monoisotopic (exact) mass is 242 g/mol. The van der Waals surface area contributed by atoms with E-state index in [4.69, 9.17) is 0 Å². The molecule has 1 aromatic heterocycles. The van der Waals surface area contributed by atoms with E-state index < -0.39 is 0 Å². The second-order valence-electron chi connectivity index (χ2n) is 4.77. The first-order valence-corrected chi connectivity index (χ1v) is 6.58. The summed E-state index contributed by atoms with van der Waals surface area (Å²) >= 11 is 0. The molecule has 0 amide bonds. The van der Waals surface area contributed by atoms with Gasteiger partial charge >= 0.3 is 0 Å². The van der Waals surface area contributed by atoms with Crippen molar-refractivity contribution < 1.29 is 0 Å². The quantitative estimate of drug-likeness (QED) is 0.865. The Morgan fingerprint density at radius 2 is 2.22 bits per heavy atom. The van der Waals surface area contributed by atoms with Gasteiger partial charge in [0.25, 0.3) is 0 Å². The second-order valence-corrected chi connectivity index (χ2v) is 4.77. The molecule has 2 heterocycles. The molecule has 1 atom stereocenters. The lowest BCUT2D eigenvalue weighted by Gasteiger charge is -2.24. The van der Waals surface area contributed by atoms with Crippen LogP contribution in [0, 0.1) is 0 Å². The number of benzene rings is 1. The summed E-state index contributed by atoms with van der Waals surface area (Å²) < 4.78 is 0. The number of aryl methyl sites for hydroxylation is 1. The normalized spacial score (nSPS) is 18.6. The van der Waals surface area contributed by atoms with Crippen LogP contribution in [0.15, 0.2) is 24.3 Å². The minimum Gasteiger partial charge on any atom is -0.312 e. The van der Waals surface area contributed by atoms with Crippen LogP contribution < -0.4 is 5.32 Å². The van der Waals surface area contributed by atoms with Crippen LogP contribution in [0.2, 0.25) is 0 Å². The molecular weight excluding hydrogens is 224 g/mol. The standard InChI is InChI=1S/C14H18N4/c1-2-5-13-16-14(18-17-13)12-9-15-8-10-6-3-4-7-11(10)12/h3-4,6-7,12,15H,2,5,8-9H2,1H3,(H,16,17,18). The van der Waals surface area contributed by atoms with Crippen LogP contribution >= 0.6 is 0 Å². The van der Waals surface area contributed by atoms with Gasteiger partial charge in [0.05, 0.1) is 5.92 Å². The number of hydrogen-bond donors (Lipinski definition) is 2. The largest absolute Gasteiger partial charge is 0.312 e. The zero-order chi connectivity index (χ0) is 12.4. The van der Waals surface area contributed by atoms with E-state index in [2.05, 4.69) is 51.7 Å². The highest BCUT2D eigenvalue weighted by Gasteiger charge is 2.24. The summed E-state index contributed by atoms with van der Waals surface area (Å²) in [6.07, 6.45) is 2.06. The highest BCUT2D eigenvalue weighted by molar-refractivity contribution is 5.36. The lowest BCUT2D eigenvalue weighted by atomic mass is 9.90. The van der Waals surface area contributed by atoms with Crippen molar-refractivity contribution in [2.24, 2.45) is 0 Å². The van der Waals surface area contributed by atoms with Crippen molar-refractivity contribution in [1.29, 1.82) is 0 Å². The summed E-state index contributed by atoms with van der Waals surface area (Å²) in [6, 6.07) is 8.55. The maximum atomic E-state index is 4.62. The molecule has 18 heavy (non-hydrogen) atoms. The summed E-state index contributed by atoms with van der Waals surface area (Å²) in [7, 11) is 0. The topological polar surface area (TPSA) is 53.6 Å². The van der Waals surface area contributed by atoms with Gasteiger partial charge in [-0.15, -0.1) is 0 Å². The van der Waals surface area contributed by atoms with Gasteiger partial charge in [0.1, 0.15) is 5.82 Å². The van der Waals surface area contributed by atoms with E-state index in [9.17, 15) is 0 Å². The lowest BCUT2D eigenvalue weighted by Crippen LogP contribution is -2.29. The highest BCUT2D eigenvalue weighted by Crippen LogP contribution is 2.27. The fraction of sp³-hybridized carbons (Fsp3) is 0.429. The van der Waals surface area contributed by atoms with E-state index in [1.807, 2.05) is 0 Å². The van der Waals surface area contributed by atoms with Crippen LogP contribution in [0.1, 0.15) is 42.0 Å². The maximum absolute atomic E-state index is 4.62. The van der Waals surface area contributed by atoms with Crippen LogP contribution in [0.5, 0.6) is 0 Å². The van der Waals surface area contributed by atoms with Crippen molar-refractivity contribution in [3.05, 3.63) is 47.0 Å². The van der Waals surface area contributed by atoms with Gasteiger partial charge in [0.2, 0.25) is 0 Å². The number of fused-ring (bicyclic) bond motifs is 1. The highest BCUT2D eigenvalue weighted by atomic mass is 15.2. The molecule has 1 unspecified atom stereocenters. The first kappa shape index (κ1) is 11.4. The first-order chi connectivity index (χ1) is 8.88. The van der Waals surface area contributed by atoms with E-state index in [0.717, 1.165) is 37.6 Å². The molecule has 2 aromatic rings. The third-order valence-corrected chi connectivity index (χ3v) is 3.44. The van der Waals surface area contributed by atoms with Gasteiger partial charge in [-0.1, -0.05) is 31.2 Å². The molecule has 4 nitrogen and oxygen atoms in total. The minimum absolute atomic E-state index is 0.275. The Morgan fingerprint density at radius 1 is 1.33 bits per heavy atom. The van der Waals surface area contributed by atoms with Crippen LogP contribution in [0.25, 0.3) is 0 Å². The van der Waals surface area contributed by atoms with E-state index in [1.54, 1.807) is 0 Å². The van der Waals surface area contributed by atoms with Crippen molar-refractivity contribution in [3.8, 4) is 0 Å². The number of nitrogens with one attached hydrogen (secondary N) is 2. The molecule has 0 bridgehead atoms. The number of nitrogens with zero attached hydrogens (tertiary/aromatic N) is 2. The predicted octanol–water partition coefficient (Wildman–Crippen LogP) is 1.99. The molecular formula is C14H18N4. The summed E-state index contributed by atoms with van der Waals surface area (Å²) in [5.41, 5.74) is 2.72. The molecule has 4 heteroatoms. The molecule has 1 aliphatic rings. The van der Waals surface area contributed by atoms with Gasteiger partial charge in [-0.3, -0.25) is 5.10 Å². The predicted molar refractivity (Wildman–Crippen MR) is 70.4 cm³/mol. The van der Waals surface area contributed by atoms with E-state index in [1.165, 1.54) is 11.1 Å².